The van der Waals surface area contributed by atoms with Crippen molar-refractivity contribution in [2.24, 2.45) is 5.73 Å². The summed E-state index contributed by atoms with van der Waals surface area (Å²) in [6.45, 7) is 0. The standard InChI is InChI=1S/C15H14F3N3/c16-15(17,18)13-11-8-10(19)6-7-12(11)20-14(21-13)9-4-2-1-3-5-9/h1-5,10H,6-8,19H2. The van der Waals surface area contributed by atoms with Crippen LogP contribution in [0.4, 0.5) is 13.2 Å². The molecule has 1 unspecified atom stereocenters. The van der Waals surface area contributed by atoms with E-state index in [1.165, 1.54) is 0 Å². The van der Waals surface area contributed by atoms with Gasteiger partial charge in [-0.15, -0.1) is 0 Å². The van der Waals surface area contributed by atoms with Crippen molar-refractivity contribution in [1.29, 1.82) is 0 Å². The number of nitrogens with two attached hydrogens (primary N) is 1. The molecule has 0 saturated heterocycles. The van der Waals surface area contributed by atoms with E-state index >= 15 is 0 Å². The van der Waals surface area contributed by atoms with Crippen molar-refractivity contribution in [3.63, 3.8) is 0 Å². The molecule has 0 amide bonds. The van der Waals surface area contributed by atoms with Crippen LogP contribution < -0.4 is 5.73 Å². The van der Waals surface area contributed by atoms with Crippen LogP contribution in [0, 0.1) is 0 Å². The van der Waals surface area contributed by atoms with Gasteiger partial charge in [0, 0.05) is 22.9 Å². The van der Waals surface area contributed by atoms with E-state index in [9.17, 15) is 13.2 Å². The Kier molecular flexibility index (Phi) is 3.41. The minimum atomic E-state index is -4.49. The van der Waals surface area contributed by atoms with Crippen LogP contribution in [0.3, 0.4) is 0 Å². The lowest BCUT2D eigenvalue weighted by Gasteiger charge is -2.24. The molecule has 21 heavy (non-hydrogen) atoms. The summed E-state index contributed by atoms with van der Waals surface area (Å²) in [5.41, 5.74) is 6.15. The van der Waals surface area contributed by atoms with Crippen molar-refractivity contribution in [2.75, 3.05) is 0 Å². The van der Waals surface area contributed by atoms with Gasteiger partial charge in [0.05, 0.1) is 0 Å². The molecule has 2 aromatic rings. The van der Waals surface area contributed by atoms with Crippen molar-refractivity contribution in [3.8, 4) is 11.4 Å². The normalized spacial score (nSPS) is 18.4. The Morgan fingerprint density at radius 2 is 1.81 bits per heavy atom. The van der Waals surface area contributed by atoms with Crippen molar-refractivity contribution in [3.05, 3.63) is 47.3 Å². The number of fused-ring (bicyclic) bond motifs is 1. The SMILES string of the molecule is NC1CCc2nc(-c3ccccc3)nc(C(F)(F)F)c2C1. The zero-order valence-corrected chi connectivity index (χ0v) is 11.2. The summed E-state index contributed by atoms with van der Waals surface area (Å²) in [7, 11) is 0. The number of aryl methyl sites for hydroxylation is 1. The Labute approximate surface area is 120 Å². The van der Waals surface area contributed by atoms with E-state index in [4.69, 9.17) is 5.73 Å². The summed E-state index contributed by atoms with van der Waals surface area (Å²) >= 11 is 0. The lowest BCUT2D eigenvalue weighted by Crippen LogP contribution is -2.31. The first-order valence-electron chi connectivity index (χ1n) is 6.73. The topological polar surface area (TPSA) is 51.8 Å². The third-order valence-corrected chi connectivity index (χ3v) is 3.61. The average Bonchev–Trinajstić information content (AvgIpc) is 2.46. The van der Waals surface area contributed by atoms with Crippen LogP contribution >= 0.6 is 0 Å². The summed E-state index contributed by atoms with van der Waals surface area (Å²) in [6, 6.07) is 8.45. The summed E-state index contributed by atoms with van der Waals surface area (Å²) < 4.78 is 39.8. The lowest BCUT2D eigenvalue weighted by molar-refractivity contribution is -0.142. The van der Waals surface area contributed by atoms with E-state index in [1.54, 1.807) is 30.3 Å². The third-order valence-electron chi connectivity index (χ3n) is 3.61. The molecule has 3 rings (SSSR count). The van der Waals surface area contributed by atoms with E-state index in [0.717, 1.165) is 0 Å². The number of alkyl halides is 3. The minimum Gasteiger partial charge on any atom is -0.327 e. The second-order valence-electron chi connectivity index (χ2n) is 5.19. The average molecular weight is 293 g/mol. The van der Waals surface area contributed by atoms with Gasteiger partial charge in [-0.05, 0) is 19.3 Å². The molecule has 1 aromatic carbocycles. The fourth-order valence-electron chi connectivity index (χ4n) is 2.59. The number of hydrogen-bond donors (Lipinski definition) is 1. The zero-order chi connectivity index (χ0) is 15.0. The molecule has 1 aliphatic carbocycles. The first-order chi connectivity index (χ1) is 9.95. The van der Waals surface area contributed by atoms with Gasteiger partial charge in [0.2, 0.25) is 0 Å². The van der Waals surface area contributed by atoms with Gasteiger partial charge in [0.1, 0.15) is 0 Å². The molecule has 1 aromatic heterocycles. The second-order valence-corrected chi connectivity index (χ2v) is 5.19. The van der Waals surface area contributed by atoms with E-state index < -0.39 is 11.9 Å². The Bertz CT molecular complexity index is 653. The second kappa shape index (κ2) is 5.11. The Morgan fingerprint density at radius 3 is 2.48 bits per heavy atom. The Morgan fingerprint density at radius 1 is 1.10 bits per heavy atom. The first kappa shape index (κ1) is 14.0. The highest BCUT2D eigenvalue weighted by Crippen LogP contribution is 2.35. The smallest absolute Gasteiger partial charge is 0.327 e. The summed E-state index contributed by atoms with van der Waals surface area (Å²) in [4.78, 5) is 8.10. The van der Waals surface area contributed by atoms with Gasteiger partial charge in [-0.3, -0.25) is 0 Å². The van der Waals surface area contributed by atoms with E-state index in [-0.39, 0.29) is 23.9 Å². The number of nitrogens with zero attached hydrogens (tertiary/aromatic N) is 2. The van der Waals surface area contributed by atoms with E-state index in [0.29, 0.717) is 24.1 Å². The predicted molar refractivity (Wildman–Crippen MR) is 72.5 cm³/mol. The Hall–Kier alpha value is -1.95. The summed E-state index contributed by atoms with van der Waals surface area (Å²) in [5.74, 6) is 0.122. The van der Waals surface area contributed by atoms with Crippen molar-refractivity contribution < 1.29 is 13.2 Å². The number of benzene rings is 1. The molecule has 0 fully saturated rings. The number of rotatable bonds is 1. The van der Waals surface area contributed by atoms with Gasteiger partial charge in [-0.2, -0.15) is 13.2 Å². The monoisotopic (exact) mass is 293 g/mol. The molecule has 0 saturated carbocycles. The number of halogens is 3. The predicted octanol–water partition coefficient (Wildman–Crippen LogP) is 2.98. The number of aromatic nitrogens is 2. The zero-order valence-electron chi connectivity index (χ0n) is 11.2. The molecule has 1 aliphatic rings. The molecule has 1 heterocycles. The maximum Gasteiger partial charge on any atom is 0.433 e. The molecule has 0 bridgehead atoms. The molecule has 0 spiro atoms. The minimum absolute atomic E-state index is 0.122. The highest BCUT2D eigenvalue weighted by atomic mass is 19.4. The summed E-state index contributed by atoms with van der Waals surface area (Å²) in [6.07, 6.45) is -3.20. The van der Waals surface area contributed by atoms with Gasteiger partial charge >= 0.3 is 6.18 Å². The quantitative estimate of drug-likeness (QED) is 0.879. The van der Waals surface area contributed by atoms with E-state index in [2.05, 4.69) is 9.97 Å². The van der Waals surface area contributed by atoms with Crippen LogP contribution in [0.5, 0.6) is 0 Å². The van der Waals surface area contributed by atoms with Gasteiger partial charge in [0.25, 0.3) is 0 Å². The van der Waals surface area contributed by atoms with Gasteiger partial charge in [0.15, 0.2) is 11.5 Å². The van der Waals surface area contributed by atoms with Crippen LogP contribution in [-0.4, -0.2) is 16.0 Å². The molecule has 2 N–H and O–H groups in total. The van der Waals surface area contributed by atoms with Crippen LogP contribution in [-0.2, 0) is 19.0 Å². The number of hydrogen-bond acceptors (Lipinski definition) is 3. The summed E-state index contributed by atoms with van der Waals surface area (Å²) in [5, 5.41) is 0. The molecule has 0 aliphatic heterocycles. The highest BCUT2D eigenvalue weighted by molar-refractivity contribution is 5.56. The third kappa shape index (κ3) is 2.76. The molecule has 0 radical (unpaired) electrons. The molecule has 3 nitrogen and oxygen atoms in total. The largest absolute Gasteiger partial charge is 0.433 e. The van der Waals surface area contributed by atoms with Crippen LogP contribution in [0.15, 0.2) is 30.3 Å². The van der Waals surface area contributed by atoms with E-state index in [1.807, 2.05) is 0 Å². The lowest BCUT2D eigenvalue weighted by atomic mass is 9.90. The Balaban J connectivity index is 2.17. The van der Waals surface area contributed by atoms with Gasteiger partial charge < -0.3 is 5.73 Å². The van der Waals surface area contributed by atoms with Crippen molar-refractivity contribution >= 4 is 0 Å². The van der Waals surface area contributed by atoms with Crippen molar-refractivity contribution in [2.45, 2.75) is 31.5 Å². The van der Waals surface area contributed by atoms with Gasteiger partial charge in [-0.25, -0.2) is 9.97 Å². The first-order valence-corrected chi connectivity index (χ1v) is 6.73. The molecular weight excluding hydrogens is 279 g/mol. The fourth-order valence-corrected chi connectivity index (χ4v) is 2.59. The van der Waals surface area contributed by atoms with Crippen LogP contribution in [0.25, 0.3) is 11.4 Å². The molecular formula is C15H14F3N3. The van der Waals surface area contributed by atoms with Crippen molar-refractivity contribution in [1.82, 2.24) is 9.97 Å². The van der Waals surface area contributed by atoms with Crippen LogP contribution in [0.1, 0.15) is 23.4 Å². The maximum atomic E-state index is 13.3. The molecule has 110 valence electrons. The van der Waals surface area contributed by atoms with Crippen LogP contribution in [0.2, 0.25) is 0 Å². The highest BCUT2D eigenvalue weighted by Gasteiger charge is 2.38. The fraction of sp³-hybridized carbons (Fsp3) is 0.333. The molecule has 1 atom stereocenters. The van der Waals surface area contributed by atoms with Gasteiger partial charge in [-0.1, -0.05) is 30.3 Å². The maximum absolute atomic E-state index is 13.3. The molecule has 6 heteroatoms.